The number of nitrogens with one attached hydrogen (secondary N) is 1. The van der Waals surface area contributed by atoms with E-state index in [-0.39, 0.29) is 11.4 Å². The van der Waals surface area contributed by atoms with E-state index in [1.165, 1.54) is 28.6 Å². The molecule has 0 aromatic heterocycles. The minimum atomic E-state index is -3.55. The van der Waals surface area contributed by atoms with Crippen LogP contribution in [0, 0.1) is 5.82 Å². The number of benzene rings is 2. The number of ether oxygens (including phenoxy) is 1. The number of carbonyl (C=O) groups excluding carboxylic acids is 2. The summed E-state index contributed by atoms with van der Waals surface area (Å²) in [7, 11) is -3.55. The molecule has 0 bridgehead atoms. The summed E-state index contributed by atoms with van der Waals surface area (Å²) >= 11 is 0. The first-order chi connectivity index (χ1) is 14.8. The molecular weight excluding hydrogens is 423 g/mol. The van der Waals surface area contributed by atoms with Gasteiger partial charge in [-0.15, -0.1) is 0 Å². The van der Waals surface area contributed by atoms with E-state index in [2.05, 4.69) is 5.32 Å². The van der Waals surface area contributed by atoms with Gasteiger partial charge >= 0.3 is 5.97 Å². The first-order valence-corrected chi connectivity index (χ1v) is 11.2. The van der Waals surface area contributed by atoms with Crippen LogP contribution >= 0.6 is 0 Å². The van der Waals surface area contributed by atoms with Gasteiger partial charge in [0.05, 0.1) is 4.90 Å². The summed E-state index contributed by atoms with van der Waals surface area (Å²) in [6.45, 7) is 3.77. The Kier molecular flexibility index (Phi) is 8.89. The summed E-state index contributed by atoms with van der Waals surface area (Å²) in [6, 6.07) is 12.1. The van der Waals surface area contributed by atoms with E-state index in [1.54, 1.807) is 44.2 Å². The highest BCUT2D eigenvalue weighted by molar-refractivity contribution is 7.89. The highest BCUT2D eigenvalue weighted by Gasteiger charge is 2.20. The summed E-state index contributed by atoms with van der Waals surface area (Å²) in [5, 5.41) is 2.47. The van der Waals surface area contributed by atoms with Crippen LogP contribution in [0.5, 0.6) is 0 Å². The second kappa shape index (κ2) is 11.4. The van der Waals surface area contributed by atoms with Crippen LogP contribution in [0.15, 0.2) is 59.5 Å². The molecule has 2 aromatic carbocycles. The summed E-state index contributed by atoms with van der Waals surface area (Å²) in [5.41, 5.74) is 0.924. The predicted octanol–water partition coefficient (Wildman–Crippen LogP) is 2.73. The number of esters is 1. The van der Waals surface area contributed by atoms with E-state index >= 15 is 0 Å². The minimum absolute atomic E-state index is 0.0123. The molecule has 0 spiro atoms. The van der Waals surface area contributed by atoms with Crippen molar-refractivity contribution in [2.24, 2.45) is 0 Å². The molecule has 0 aliphatic rings. The van der Waals surface area contributed by atoms with Gasteiger partial charge in [0.1, 0.15) is 5.82 Å². The van der Waals surface area contributed by atoms with E-state index in [0.717, 1.165) is 6.08 Å². The van der Waals surface area contributed by atoms with Gasteiger partial charge < -0.3 is 10.1 Å². The van der Waals surface area contributed by atoms with Gasteiger partial charge in [0.2, 0.25) is 10.0 Å². The van der Waals surface area contributed by atoms with E-state index in [0.29, 0.717) is 24.2 Å². The Morgan fingerprint density at radius 3 is 2.32 bits per heavy atom. The molecule has 0 fully saturated rings. The van der Waals surface area contributed by atoms with Crippen LogP contribution in [0.2, 0.25) is 0 Å². The lowest BCUT2D eigenvalue weighted by Gasteiger charge is -2.18. The molecule has 0 atom stereocenters. The second-order valence-corrected chi connectivity index (χ2v) is 8.41. The summed E-state index contributed by atoms with van der Waals surface area (Å²) in [6.07, 6.45) is 2.59. The van der Waals surface area contributed by atoms with Crippen LogP contribution in [0.25, 0.3) is 6.08 Å². The molecule has 2 aromatic rings. The molecule has 1 N–H and O–H groups in total. The molecule has 0 radical (unpaired) electrons. The van der Waals surface area contributed by atoms with Crippen LogP contribution < -0.4 is 5.32 Å². The number of amides is 1. The number of halogens is 1. The monoisotopic (exact) mass is 448 g/mol. The van der Waals surface area contributed by atoms with Crippen LogP contribution in [0.4, 0.5) is 4.39 Å². The number of nitrogens with zero attached hydrogens (tertiary/aromatic N) is 1. The third kappa shape index (κ3) is 7.01. The van der Waals surface area contributed by atoms with Gasteiger partial charge in [0.25, 0.3) is 5.91 Å². The number of hydrogen-bond donors (Lipinski definition) is 1. The normalized spacial score (nSPS) is 11.6. The molecule has 0 saturated heterocycles. The summed E-state index contributed by atoms with van der Waals surface area (Å²) in [4.78, 5) is 23.7. The lowest BCUT2D eigenvalue weighted by atomic mass is 10.2. The second-order valence-electron chi connectivity index (χ2n) is 6.47. The van der Waals surface area contributed by atoms with Gasteiger partial charge in [0.15, 0.2) is 6.61 Å². The molecule has 9 heteroatoms. The van der Waals surface area contributed by atoms with E-state index in [4.69, 9.17) is 4.74 Å². The Balaban J connectivity index is 1.84. The average Bonchev–Trinajstić information content (AvgIpc) is 2.76. The van der Waals surface area contributed by atoms with Crippen molar-refractivity contribution < 1.29 is 27.1 Å². The SMILES string of the molecule is CCN(CC)S(=O)(=O)c1ccc(/C=C/C(=O)OCC(=O)NCc2ccccc2F)cc1. The largest absolute Gasteiger partial charge is 0.452 e. The maximum Gasteiger partial charge on any atom is 0.331 e. The number of rotatable bonds is 10. The minimum Gasteiger partial charge on any atom is -0.452 e. The molecule has 31 heavy (non-hydrogen) atoms. The Hall–Kier alpha value is -3.04. The molecule has 1 amide bonds. The van der Waals surface area contributed by atoms with Gasteiger partial charge in [-0.2, -0.15) is 4.31 Å². The van der Waals surface area contributed by atoms with Crippen LogP contribution in [-0.4, -0.2) is 44.3 Å². The van der Waals surface area contributed by atoms with Crippen LogP contribution in [0.1, 0.15) is 25.0 Å². The van der Waals surface area contributed by atoms with E-state index in [9.17, 15) is 22.4 Å². The molecule has 0 saturated carbocycles. The predicted molar refractivity (Wildman–Crippen MR) is 115 cm³/mol. The Morgan fingerprint density at radius 2 is 1.71 bits per heavy atom. The van der Waals surface area contributed by atoms with Crippen molar-refractivity contribution in [2.45, 2.75) is 25.3 Å². The fraction of sp³-hybridized carbons (Fsp3) is 0.273. The Bertz CT molecular complexity index is 1030. The van der Waals surface area contributed by atoms with Crippen molar-refractivity contribution >= 4 is 28.0 Å². The van der Waals surface area contributed by atoms with Crippen molar-refractivity contribution in [1.82, 2.24) is 9.62 Å². The topological polar surface area (TPSA) is 92.8 Å². The molecule has 0 aliphatic carbocycles. The molecule has 7 nitrogen and oxygen atoms in total. The quantitative estimate of drug-likeness (QED) is 0.446. The van der Waals surface area contributed by atoms with Crippen molar-refractivity contribution in [3.63, 3.8) is 0 Å². The van der Waals surface area contributed by atoms with Gasteiger partial charge in [-0.05, 0) is 29.8 Å². The number of carbonyl (C=O) groups is 2. The zero-order chi connectivity index (χ0) is 22.9. The Morgan fingerprint density at radius 1 is 1.06 bits per heavy atom. The summed E-state index contributed by atoms with van der Waals surface area (Å²) < 4.78 is 44.6. The van der Waals surface area contributed by atoms with Crippen LogP contribution in [-0.2, 0) is 30.9 Å². The zero-order valence-electron chi connectivity index (χ0n) is 17.4. The van der Waals surface area contributed by atoms with Gasteiger partial charge in [-0.3, -0.25) is 4.79 Å². The van der Waals surface area contributed by atoms with Gasteiger partial charge in [0, 0.05) is 31.3 Å². The molecule has 166 valence electrons. The van der Waals surface area contributed by atoms with E-state index < -0.39 is 34.3 Å². The standard InChI is InChI=1S/C22H25FN2O5S/c1-3-25(4-2)31(28,29)19-12-9-17(10-13-19)11-14-22(27)30-16-21(26)24-15-18-7-5-6-8-20(18)23/h5-14H,3-4,15-16H2,1-2H3,(H,24,26)/b14-11+. The highest BCUT2D eigenvalue weighted by Crippen LogP contribution is 2.16. The average molecular weight is 449 g/mol. The smallest absolute Gasteiger partial charge is 0.331 e. The van der Waals surface area contributed by atoms with Gasteiger partial charge in [-0.25, -0.2) is 17.6 Å². The van der Waals surface area contributed by atoms with Crippen molar-refractivity contribution in [1.29, 1.82) is 0 Å². The highest BCUT2D eigenvalue weighted by atomic mass is 32.2. The van der Waals surface area contributed by atoms with Crippen molar-refractivity contribution in [2.75, 3.05) is 19.7 Å². The van der Waals surface area contributed by atoms with E-state index in [1.807, 2.05) is 0 Å². The molecule has 0 heterocycles. The lowest BCUT2D eigenvalue weighted by molar-refractivity contribution is -0.143. The first-order valence-electron chi connectivity index (χ1n) is 9.73. The van der Waals surface area contributed by atoms with Crippen molar-refractivity contribution in [3.8, 4) is 0 Å². The van der Waals surface area contributed by atoms with Crippen molar-refractivity contribution in [3.05, 3.63) is 71.6 Å². The molecule has 0 unspecified atom stereocenters. The Labute approximate surface area is 181 Å². The molecule has 0 aliphatic heterocycles. The fourth-order valence-electron chi connectivity index (χ4n) is 2.70. The lowest BCUT2D eigenvalue weighted by Crippen LogP contribution is -2.30. The molecular formula is C22H25FN2O5S. The first kappa shape index (κ1) is 24.2. The maximum absolute atomic E-state index is 13.5. The third-order valence-corrected chi connectivity index (χ3v) is 6.48. The van der Waals surface area contributed by atoms with Gasteiger partial charge in [-0.1, -0.05) is 44.2 Å². The number of hydrogen-bond acceptors (Lipinski definition) is 5. The molecule has 2 rings (SSSR count). The van der Waals surface area contributed by atoms with Crippen LogP contribution in [0.3, 0.4) is 0 Å². The fourth-order valence-corrected chi connectivity index (χ4v) is 4.16. The summed E-state index contributed by atoms with van der Waals surface area (Å²) in [5.74, 6) is -1.73. The number of sulfonamides is 1. The maximum atomic E-state index is 13.5. The zero-order valence-corrected chi connectivity index (χ0v) is 18.2. The third-order valence-electron chi connectivity index (χ3n) is 4.41.